The molecule has 3 nitrogen and oxygen atoms in total. The van der Waals surface area contributed by atoms with Crippen molar-refractivity contribution in [2.75, 3.05) is 0 Å². The van der Waals surface area contributed by atoms with Gasteiger partial charge in [-0.1, -0.05) is 30.3 Å². The summed E-state index contributed by atoms with van der Waals surface area (Å²) in [5.41, 5.74) is 5.16. The maximum atomic E-state index is 8.83. The molecular formula is C17H13N3. The van der Waals surface area contributed by atoms with Crippen molar-refractivity contribution in [3.63, 3.8) is 0 Å². The second-order valence-corrected chi connectivity index (χ2v) is 4.67. The monoisotopic (exact) mass is 259 g/mol. The van der Waals surface area contributed by atoms with Crippen LogP contribution in [0.4, 0.5) is 0 Å². The molecule has 1 heterocycles. The fourth-order valence-corrected chi connectivity index (χ4v) is 2.19. The first kappa shape index (κ1) is 12.2. The van der Waals surface area contributed by atoms with Crippen molar-refractivity contribution in [2.45, 2.75) is 0 Å². The number of aromatic nitrogens is 2. The van der Waals surface area contributed by atoms with Gasteiger partial charge in [0.2, 0.25) is 0 Å². The summed E-state index contributed by atoms with van der Waals surface area (Å²) < 4.78 is 1.80. The molecule has 0 unspecified atom stereocenters. The maximum absolute atomic E-state index is 8.83. The van der Waals surface area contributed by atoms with Crippen LogP contribution in [0.3, 0.4) is 0 Å². The summed E-state index contributed by atoms with van der Waals surface area (Å²) in [6.07, 6.45) is 3.86. The molecule has 2 aromatic carbocycles. The molecular weight excluding hydrogens is 246 g/mol. The van der Waals surface area contributed by atoms with Crippen LogP contribution in [-0.4, -0.2) is 9.78 Å². The first-order valence-electron chi connectivity index (χ1n) is 6.36. The van der Waals surface area contributed by atoms with Crippen molar-refractivity contribution < 1.29 is 0 Å². The standard InChI is InChI=1S/C17H13N3/c1-20-12-17(11-19-20)16-4-2-3-15(9-16)14-7-5-13(10-18)6-8-14/h2-9,11-12H,1H3. The smallest absolute Gasteiger partial charge is 0.0991 e. The lowest BCUT2D eigenvalue weighted by atomic mass is 10.00. The van der Waals surface area contributed by atoms with E-state index in [0.29, 0.717) is 5.56 Å². The average molecular weight is 259 g/mol. The van der Waals surface area contributed by atoms with E-state index in [1.807, 2.05) is 49.8 Å². The van der Waals surface area contributed by atoms with Crippen LogP contribution in [0.2, 0.25) is 0 Å². The van der Waals surface area contributed by atoms with Crippen molar-refractivity contribution in [1.29, 1.82) is 5.26 Å². The molecule has 0 aliphatic rings. The van der Waals surface area contributed by atoms with Crippen molar-refractivity contribution in [2.24, 2.45) is 7.05 Å². The van der Waals surface area contributed by atoms with E-state index in [1.165, 1.54) is 0 Å². The normalized spacial score (nSPS) is 10.2. The Balaban J connectivity index is 2.00. The zero-order chi connectivity index (χ0) is 13.9. The van der Waals surface area contributed by atoms with Gasteiger partial charge in [-0.15, -0.1) is 0 Å². The number of benzene rings is 2. The second kappa shape index (κ2) is 5.02. The summed E-state index contributed by atoms with van der Waals surface area (Å²) in [7, 11) is 1.91. The fraction of sp³-hybridized carbons (Fsp3) is 0.0588. The molecule has 1 aromatic heterocycles. The number of nitriles is 1. The molecule has 0 saturated heterocycles. The highest BCUT2D eigenvalue weighted by Crippen LogP contribution is 2.26. The van der Waals surface area contributed by atoms with Gasteiger partial charge in [-0.05, 0) is 34.9 Å². The minimum atomic E-state index is 0.678. The summed E-state index contributed by atoms with van der Waals surface area (Å²) in [5.74, 6) is 0. The van der Waals surface area contributed by atoms with Crippen LogP contribution in [-0.2, 0) is 7.05 Å². The largest absolute Gasteiger partial charge is 0.275 e. The van der Waals surface area contributed by atoms with E-state index in [9.17, 15) is 0 Å². The number of rotatable bonds is 2. The third kappa shape index (κ3) is 2.32. The van der Waals surface area contributed by atoms with Crippen LogP contribution in [0.15, 0.2) is 60.9 Å². The van der Waals surface area contributed by atoms with Crippen LogP contribution in [0.1, 0.15) is 5.56 Å². The summed E-state index contributed by atoms with van der Waals surface area (Å²) in [4.78, 5) is 0. The Morgan fingerprint density at radius 1 is 0.950 bits per heavy atom. The van der Waals surface area contributed by atoms with E-state index in [4.69, 9.17) is 5.26 Å². The third-order valence-electron chi connectivity index (χ3n) is 3.25. The molecule has 0 atom stereocenters. The van der Waals surface area contributed by atoms with E-state index >= 15 is 0 Å². The van der Waals surface area contributed by atoms with Gasteiger partial charge in [-0.2, -0.15) is 10.4 Å². The van der Waals surface area contributed by atoms with Crippen molar-refractivity contribution >= 4 is 0 Å². The van der Waals surface area contributed by atoms with Crippen molar-refractivity contribution in [3.8, 4) is 28.3 Å². The predicted octanol–water partition coefficient (Wildman–Crippen LogP) is 3.63. The van der Waals surface area contributed by atoms with Crippen molar-refractivity contribution in [1.82, 2.24) is 9.78 Å². The molecule has 3 heteroatoms. The Kier molecular flexibility index (Phi) is 3.06. The highest BCUT2D eigenvalue weighted by molar-refractivity contribution is 5.72. The Labute approximate surface area is 117 Å². The molecule has 3 rings (SSSR count). The van der Waals surface area contributed by atoms with E-state index in [2.05, 4.69) is 29.4 Å². The van der Waals surface area contributed by atoms with Crippen molar-refractivity contribution in [3.05, 3.63) is 66.5 Å². The van der Waals surface area contributed by atoms with Crippen LogP contribution in [0.25, 0.3) is 22.3 Å². The molecule has 96 valence electrons. The van der Waals surface area contributed by atoms with Gasteiger partial charge in [0.25, 0.3) is 0 Å². The number of aryl methyl sites for hydroxylation is 1. The summed E-state index contributed by atoms with van der Waals surface area (Å²) in [6.45, 7) is 0. The predicted molar refractivity (Wildman–Crippen MR) is 78.8 cm³/mol. The average Bonchev–Trinajstić information content (AvgIpc) is 2.94. The number of hydrogen-bond acceptors (Lipinski definition) is 2. The summed E-state index contributed by atoms with van der Waals surface area (Å²) in [6, 6.07) is 18.1. The van der Waals surface area contributed by atoms with Crippen LogP contribution < -0.4 is 0 Å². The van der Waals surface area contributed by atoms with Crippen LogP contribution >= 0.6 is 0 Å². The van der Waals surface area contributed by atoms with Gasteiger partial charge in [0.05, 0.1) is 17.8 Å². The van der Waals surface area contributed by atoms with E-state index in [1.54, 1.807) is 4.68 Å². The number of hydrogen-bond donors (Lipinski definition) is 0. The molecule has 0 aliphatic heterocycles. The van der Waals surface area contributed by atoms with Gasteiger partial charge < -0.3 is 0 Å². The van der Waals surface area contributed by atoms with Gasteiger partial charge in [0.1, 0.15) is 0 Å². The third-order valence-corrected chi connectivity index (χ3v) is 3.25. The van der Waals surface area contributed by atoms with Gasteiger partial charge >= 0.3 is 0 Å². The lowest BCUT2D eigenvalue weighted by Crippen LogP contribution is -1.84. The SMILES string of the molecule is Cn1cc(-c2cccc(-c3ccc(C#N)cc3)c2)cn1. The van der Waals surface area contributed by atoms with E-state index in [0.717, 1.165) is 22.3 Å². The first-order valence-corrected chi connectivity index (χ1v) is 6.36. The molecule has 0 N–H and O–H groups in total. The zero-order valence-corrected chi connectivity index (χ0v) is 11.1. The molecule has 0 saturated carbocycles. The fourth-order valence-electron chi connectivity index (χ4n) is 2.19. The number of nitrogens with zero attached hydrogens (tertiary/aromatic N) is 3. The molecule has 0 radical (unpaired) electrons. The molecule has 3 aromatic rings. The van der Waals surface area contributed by atoms with E-state index in [-0.39, 0.29) is 0 Å². The molecule has 0 aliphatic carbocycles. The zero-order valence-electron chi connectivity index (χ0n) is 11.1. The lowest BCUT2D eigenvalue weighted by Gasteiger charge is -2.04. The summed E-state index contributed by atoms with van der Waals surface area (Å²) >= 11 is 0. The highest BCUT2D eigenvalue weighted by atomic mass is 15.2. The maximum Gasteiger partial charge on any atom is 0.0991 e. The molecule has 0 fully saturated rings. The van der Waals surface area contributed by atoms with Crippen LogP contribution in [0.5, 0.6) is 0 Å². The molecule has 0 spiro atoms. The Morgan fingerprint density at radius 2 is 1.65 bits per heavy atom. The van der Waals surface area contributed by atoms with E-state index < -0.39 is 0 Å². The van der Waals surface area contributed by atoms with Gasteiger partial charge in [0, 0.05) is 18.8 Å². The minimum absolute atomic E-state index is 0.678. The quantitative estimate of drug-likeness (QED) is 0.705. The molecule has 0 bridgehead atoms. The molecule has 0 amide bonds. The summed E-state index contributed by atoms with van der Waals surface area (Å²) in [5, 5.41) is 13.0. The Hall–Kier alpha value is -2.86. The van der Waals surface area contributed by atoms with Gasteiger partial charge in [-0.25, -0.2) is 0 Å². The van der Waals surface area contributed by atoms with Gasteiger partial charge in [-0.3, -0.25) is 4.68 Å². The second-order valence-electron chi connectivity index (χ2n) is 4.67. The van der Waals surface area contributed by atoms with Gasteiger partial charge in [0.15, 0.2) is 0 Å². The Morgan fingerprint density at radius 3 is 2.25 bits per heavy atom. The Bertz CT molecular complexity index is 776. The highest BCUT2D eigenvalue weighted by Gasteiger charge is 2.03. The van der Waals surface area contributed by atoms with Crippen LogP contribution in [0, 0.1) is 11.3 Å². The first-order chi connectivity index (χ1) is 9.76. The minimum Gasteiger partial charge on any atom is -0.275 e. The topological polar surface area (TPSA) is 41.6 Å². The molecule has 20 heavy (non-hydrogen) atoms. The lowest BCUT2D eigenvalue weighted by molar-refractivity contribution is 0.768.